The lowest BCUT2D eigenvalue weighted by atomic mass is 9.76. The van der Waals surface area contributed by atoms with Gasteiger partial charge in [-0.15, -0.1) is 0 Å². The molecule has 0 saturated heterocycles. The Hall–Kier alpha value is -3.47. The van der Waals surface area contributed by atoms with Gasteiger partial charge in [-0.3, -0.25) is 9.78 Å². The fourth-order valence-electron chi connectivity index (χ4n) is 4.19. The number of aryl methyl sites for hydroxylation is 1. The maximum Gasteiger partial charge on any atom is 0.278 e. The molecule has 1 aliphatic carbocycles. The molecule has 30 heavy (non-hydrogen) atoms. The minimum atomic E-state index is -0.222. The first-order chi connectivity index (χ1) is 14.5. The number of pyridine rings is 1. The zero-order valence-electron chi connectivity index (χ0n) is 17.1. The first-order valence-electron chi connectivity index (χ1n) is 10.2. The maximum atomic E-state index is 12.8. The molecule has 1 amide bonds. The molecule has 0 bridgehead atoms. The molecule has 1 N–H and O–H groups in total. The van der Waals surface area contributed by atoms with Crippen LogP contribution in [0.4, 0.5) is 5.69 Å². The number of anilines is 1. The van der Waals surface area contributed by atoms with E-state index < -0.39 is 0 Å². The number of fused-ring (bicyclic) bond motifs is 2. The summed E-state index contributed by atoms with van der Waals surface area (Å²) in [6.45, 7) is 4.43. The Balaban J connectivity index is 1.38. The van der Waals surface area contributed by atoms with Crippen LogP contribution in [-0.2, 0) is 12.8 Å². The summed E-state index contributed by atoms with van der Waals surface area (Å²) in [4.78, 5) is 17.3. The average molecular weight is 397 g/mol. The molecule has 5 rings (SSSR count). The quantitative estimate of drug-likeness (QED) is 0.484. The Morgan fingerprint density at radius 2 is 1.87 bits per heavy atom. The van der Waals surface area contributed by atoms with Crippen LogP contribution in [0.5, 0.6) is 0 Å². The summed E-state index contributed by atoms with van der Waals surface area (Å²) in [7, 11) is 0. The molecule has 4 aromatic rings. The molecular formula is C25H23N3O2. The summed E-state index contributed by atoms with van der Waals surface area (Å²) in [6.07, 6.45) is 4.50. The highest BCUT2D eigenvalue weighted by atomic mass is 16.5. The Morgan fingerprint density at radius 3 is 2.70 bits per heavy atom. The SMILES string of the molecule is CC1(C)CCc2onc(C(=O)Nc3ccc(-c4ccnc5ccccc45)cc3)c2C1. The third kappa shape index (κ3) is 3.36. The fraction of sp³-hybridized carbons (Fsp3) is 0.240. The monoisotopic (exact) mass is 397 g/mol. The number of carbonyl (C=O) groups excluding carboxylic acids is 1. The number of rotatable bonds is 3. The number of para-hydroxylation sites is 1. The average Bonchev–Trinajstić information content (AvgIpc) is 3.16. The van der Waals surface area contributed by atoms with E-state index in [-0.39, 0.29) is 11.3 Å². The van der Waals surface area contributed by atoms with Gasteiger partial charge in [-0.2, -0.15) is 0 Å². The number of benzene rings is 2. The molecule has 0 unspecified atom stereocenters. The summed E-state index contributed by atoms with van der Waals surface area (Å²) in [5, 5.41) is 8.13. The van der Waals surface area contributed by atoms with E-state index in [1.165, 1.54) is 0 Å². The third-order valence-electron chi connectivity index (χ3n) is 5.87. The first-order valence-corrected chi connectivity index (χ1v) is 10.2. The molecule has 0 aliphatic heterocycles. The predicted octanol–water partition coefficient (Wildman–Crippen LogP) is 5.66. The minimum absolute atomic E-state index is 0.155. The molecule has 0 saturated carbocycles. The van der Waals surface area contributed by atoms with Crippen molar-refractivity contribution in [2.75, 3.05) is 5.32 Å². The summed E-state index contributed by atoms with van der Waals surface area (Å²) in [6, 6.07) is 18.0. The van der Waals surface area contributed by atoms with Crippen LogP contribution in [0.3, 0.4) is 0 Å². The van der Waals surface area contributed by atoms with Crippen LogP contribution in [0.25, 0.3) is 22.0 Å². The van der Waals surface area contributed by atoms with Crippen molar-refractivity contribution in [1.29, 1.82) is 0 Å². The van der Waals surface area contributed by atoms with Crippen molar-refractivity contribution >= 4 is 22.5 Å². The van der Waals surface area contributed by atoms with E-state index in [1.807, 2.05) is 54.7 Å². The lowest BCUT2D eigenvalue weighted by molar-refractivity contribution is 0.101. The molecule has 0 radical (unpaired) electrons. The summed E-state index contributed by atoms with van der Waals surface area (Å²) < 4.78 is 5.44. The van der Waals surface area contributed by atoms with E-state index in [2.05, 4.69) is 35.4 Å². The van der Waals surface area contributed by atoms with E-state index in [1.54, 1.807) is 0 Å². The molecule has 5 heteroatoms. The standard InChI is InChI=1S/C25H23N3O2/c1-25(2)13-11-22-20(15-25)23(28-30-22)24(29)27-17-9-7-16(8-10-17)18-12-14-26-21-6-4-3-5-19(18)21/h3-10,12,14H,11,13,15H2,1-2H3,(H,27,29). The van der Waals surface area contributed by atoms with E-state index in [0.29, 0.717) is 5.69 Å². The molecule has 2 aromatic heterocycles. The van der Waals surface area contributed by atoms with Crippen molar-refractivity contribution in [3.8, 4) is 11.1 Å². The van der Waals surface area contributed by atoms with Crippen molar-refractivity contribution in [2.24, 2.45) is 5.41 Å². The number of nitrogens with one attached hydrogen (secondary N) is 1. The largest absolute Gasteiger partial charge is 0.360 e. The molecule has 2 heterocycles. The molecule has 0 fully saturated rings. The third-order valence-corrected chi connectivity index (χ3v) is 5.87. The number of hydrogen-bond donors (Lipinski definition) is 1. The molecule has 150 valence electrons. The summed E-state index contributed by atoms with van der Waals surface area (Å²) in [5.41, 5.74) is 5.40. The van der Waals surface area contributed by atoms with Crippen molar-refractivity contribution in [2.45, 2.75) is 33.1 Å². The van der Waals surface area contributed by atoms with Gasteiger partial charge in [-0.1, -0.05) is 49.3 Å². The van der Waals surface area contributed by atoms with E-state index in [0.717, 1.165) is 58.3 Å². The second-order valence-electron chi connectivity index (χ2n) is 8.68. The predicted molar refractivity (Wildman–Crippen MR) is 117 cm³/mol. The molecular weight excluding hydrogens is 374 g/mol. The van der Waals surface area contributed by atoms with Crippen LogP contribution in [-0.4, -0.2) is 16.0 Å². The number of amides is 1. The van der Waals surface area contributed by atoms with E-state index in [4.69, 9.17) is 4.52 Å². The van der Waals surface area contributed by atoms with Gasteiger partial charge in [0.05, 0.1) is 5.52 Å². The first kappa shape index (κ1) is 18.6. The van der Waals surface area contributed by atoms with E-state index in [9.17, 15) is 4.79 Å². The van der Waals surface area contributed by atoms with Crippen LogP contribution < -0.4 is 5.32 Å². The van der Waals surface area contributed by atoms with Gasteiger partial charge in [0.25, 0.3) is 5.91 Å². The molecule has 1 aliphatic rings. The van der Waals surface area contributed by atoms with Crippen LogP contribution in [0, 0.1) is 5.41 Å². The highest BCUT2D eigenvalue weighted by Gasteiger charge is 2.32. The molecule has 0 spiro atoms. The van der Waals surface area contributed by atoms with E-state index >= 15 is 0 Å². The number of nitrogens with zero attached hydrogens (tertiary/aromatic N) is 2. The second-order valence-corrected chi connectivity index (χ2v) is 8.68. The number of aromatic nitrogens is 2. The summed E-state index contributed by atoms with van der Waals surface area (Å²) in [5.74, 6) is 0.624. The minimum Gasteiger partial charge on any atom is -0.360 e. The Kier molecular flexibility index (Phi) is 4.39. The zero-order chi connectivity index (χ0) is 20.7. The van der Waals surface area contributed by atoms with Crippen LogP contribution >= 0.6 is 0 Å². The fourth-order valence-corrected chi connectivity index (χ4v) is 4.19. The van der Waals surface area contributed by atoms with Gasteiger partial charge in [0.15, 0.2) is 5.69 Å². The Morgan fingerprint density at radius 1 is 1.07 bits per heavy atom. The number of carbonyl (C=O) groups is 1. The van der Waals surface area contributed by atoms with Gasteiger partial charge in [0.2, 0.25) is 0 Å². The van der Waals surface area contributed by atoms with Gasteiger partial charge in [0, 0.05) is 29.3 Å². The van der Waals surface area contributed by atoms with Crippen LogP contribution in [0.15, 0.2) is 65.3 Å². The normalized spacial score (nSPS) is 15.0. The molecule has 5 nitrogen and oxygen atoms in total. The lowest BCUT2D eigenvalue weighted by Gasteiger charge is -2.28. The highest BCUT2D eigenvalue weighted by molar-refractivity contribution is 6.04. The van der Waals surface area contributed by atoms with Crippen molar-refractivity contribution in [3.05, 3.63) is 77.8 Å². The topological polar surface area (TPSA) is 68.0 Å². The second kappa shape index (κ2) is 7.10. The highest BCUT2D eigenvalue weighted by Crippen LogP contribution is 2.36. The van der Waals surface area contributed by atoms with Gasteiger partial charge < -0.3 is 9.84 Å². The van der Waals surface area contributed by atoms with Crippen LogP contribution in [0.2, 0.25) is 0 Å². The van der Waals surface area contributed by atoms with Crippen molar-refractivity contribution in [1.82, 2.24) is 10.1 Å². The zero-order valence-corrected chi connectivity index (χ0v) is 17.1. The lowest BCUT2D eigenvalue weighted by Crippen LogP contribution is -2.24. The Labute approximate surface area is 175 Å². The summed E-state index contributed by atoms with van der Waals surface area (Å²) >= 11 is 0. The Bertz CT molecular complexity index is 1230. The van der Waals surface area contributed by atoms with Crippen molar-refractivity contribution < 1.29 is 9.32 Å². The molecule has 0 atom stereocenters. The van der Waals surface area contributed by atoms with Crippen molar-refractivity contribution in [3.63, 3.8) is 0 Å². The molecule has 2 aromatic carbocycles. The number of hydrogen-bond acceptors (Lipinski definition) is 4. The smallest absolute Gasteiger partial charge is 0.278 e. The van der Waals surface area contributed by atoms with Gasteiger partial charge in [0.1, 0.15) is 5.76 Å². The van der Waals surface area contributed by atoms with Crippen LogP contribution in [0.1, 0.15) is 42.1 Å². The van der Waals surface area contributed by atoms with Gasteiger partial charge >= 0.3 is 0 Å². The van der Waals surface area contributed by atoms with Gasteiger partial charge in [-0.25, -0.2) is 0 Å². The maximum absolute atomic E-state index is 12.8. The van der Waals surface area contributed by atoms with Gasteiger partial charge in [-0.05, 0) is 53.6 Å².